The Bertz CT molecular complexity index is 481. The van der Waals surface area contributed by atoms with Crippen molar-refractivity contribution in [1.29, 1.82) is 5.26 Å². The number of nitrogens with zero attached hydrogens (tertiary/aromatic N) is 1. The molecule has 1 aromatic carbocycles. The van der Waals surface area contributed by atoms with E-state index in [1.54, 1.807) is 0 Å². The predicted molar refractivity (Wildman–Crippen MR) is 83.0 cm³/mol. The van der Waals surface area contributed by atoms with E-state index in [4.69, 9.17) is 10.00 Å². The van der Waals surface area contributed by atoms with Crippen LogP contribution in [-0.2, 0) is 5.41 Å². The first-order valence-electron chi connectivity index (χ1n) is 7.13. The summed E-state index contributed by atoms with van der Waals surface area (Å²) in [6, 6.07) is 8.48. The second-order valence-corrected chi connectivity index (χ2v) is 6.56. The molecule has 20 heavy (non-hydrogen) atoms. The molecule has 0 fully saturated rings. The van der Waals surface area contributed by atoms with Crippen LogP contribution in [0.4, 0.5) is 0 Å². The van der Waals surface area contributed by atoms with Gasteiger partial charge in [-0.05, 0) is 43.4 Å². The lowest BCUT2D eigenvalue weighted by Crippen LogP contribution is -2.38. The van der Waals surface area contributed by atoms with Gasteiger partial charge in [-0.25, -0.2) is 0 Å². The van der Waals surface area contributed by atoms with Gasteiger partial charge in [0.2, 0.25) is 0 Å². The minimum Gasteiger partial charge on any atom is -0.491 e. The molecule has 0 saturated heterocycles. The Morgan fingerprint density at radius 3 is 2.45 bits per heavy atom. The first kappa shape index (κ1) is 16.5. The number of rotatable bonds is 5. The van der Waals surface area contributed by atoms with E-state index >= 15 is 0 Å². The number of aryl methyl sites for hydroxylation is 1. The van der Waals surface area contributed by atoms with Gasteiger partial charge >= 0.3 is 0 Å². The molecule has 110 valence electrons. The molecule has 1 unspecified atom stereocenters. The Labute approximate surface area is 123 Å². The molecule has 1 aromatic rings. The van der Waals surface area contributed by atoms with Crippen LogP contribution in [0.1, 0.15) is 45.7 Å². The monoisotopic (exact) mass is 274 g/mol. The molecule has 0 bridgehead atoms. The van der Waals surface area contributed by atoms with Gasteiger partial charge < -0.3 is 4.74 Å². The third kappa shape index (κ3) is 4.86. The fraction of sp³-hybridized carbons (Fsp3) is 0.588. The van der Waals surface area contributed by atoms with Crippen LogP contribution >= 0.6 is 0 Å². The molecule has 0 aliphatic heterocycles. The highest BCUT2D eigenvalue weighted by molar-refractivity contribution is 5.41. The molecule has 0 heterocycles. The average molecular weight is 274 g/mol. The zero-order valence-corrected chi connectivity index (χ0v) is 13.4. The zero-order valence-electron chi connectivity index (χ0n) is 13.4. The lowest BCUT2D eigenvalue weighted by Gasteiger charge is -2.24. The summed E-state index contributed by atoms with van der Waals surface area (Å²) in [5.74, 6) is 0.878. The quantitative estimate of drug-likeness (QED) is 0.893. The van der Waals surface area contributed by atoms with Gasteiger partial charge in [-0.2, -0.15) is 5.26 Å². The zero-order chi connectivity index (χ0) is 15.3. The number of ether oxygens (including phenoxy) is 1. The molecular formula is C17H26N2O. The number of benzene rings is 1. The maximum absolute atomic E-state index is 9.14. The van der Waals surface area contributed by atoms with Crippen LogP contribution in [-0.4, -0.2) is 18.7 Å². The summed E-state index contributed by atoms with van der Waals surface area (Å²) in [6.45, 7) is 13.0. The highest BCUT2D eigenvalue weighted by Gasteiger charge is 2.20. The van der Waals surface area contributed by atoms with Gasteiger partial charge in [0.15, 0.2) is 0 Å². The highest BCUT2D eigenvalue weighted by Crippen LogP contribution is 2.32. The fourth-order valence-corrected chi connectivity index (χ4v) is 2.07. The molecule has 0 aliphatic carbocycles. The normalized spacial score (nSPS) is 13.1. The van der Waals surface area contributed by atoms with Gasteiger partial charge in [0, 0.05) is 6.04 Å². The first-order valence-corrected chi connectivity index (χ1v) is 7.13. The lowest BCUT2D eigenvalue weighted by atomic mass is 9.86. The van der Waals surface area contributed by atoms with E-state index in [-0.39, 0.29) is 17.5 Å². The topological polar surface area (TPSA) is 45.0 Å². The van der Waals surface area contributed by atoms with Gasteiger partial charge in [0.05, 0.1) is 6.07 Å². The minimum atomic E-state index is -0.289. The molecule has 0 saturated carbocycles. The Balaban J connectivity index is 2.86. The molecule has 0 aromatic heterocycles. The Morgan fingerprint density at radius 2 is 1.95 bits per heavy atom. The third-order valence-corrected chi connectivity index (χ3v) is 3.04. The van der Waals surface area contributed by atoms with Crippen LogP contribution < -0.4 is 10.1 Å². The van der Waals surface area contributed by atoms with Gasteiger partial charge in [-0.1, -0.05) is 32.9 Å². The van der Waals surface area contributed by atoms with Crippen molar-refractivity contribution in [3.05, 3.63) is 29.3 Å². The van der Waals surface area contributed by atoms with Crippen molar-refractivity contribution in [2.45, 2.75) is 59.0 Å². The van der Waals surface area contributed by atoms with Crippen molar-refractivity contribution in [3.63, 3.8) is 0 Å². The van der Waals surface area contributed by atoms with E-state index in [1.807, 2.05) is 26.8 Å². The molecule has 0 amide bonds. The fourth-order valence-electron chi connectivity index (χ4n) is 2.07. The highest BCUT2D eigenvalue weighted by atomic mass is 16.5. The second-order valence-electron chi connectivity index (χ2n) is 6.56. The third-order valence-electron chi connectivity index (χ3n) is 3.04. The average Bonchev–Trinajstić information content (AvgIpc) is 2.32. The van der Waals surface area contributed by atoms with E-state index in [2.05, 4.69) is 44.3 Å². The molecular weight excluding hydrogens is 248 g/mol. The molecule has 0 radical (unpaired) electrons. The van der Waals surface area contributed by atoms with Gasteiger partial charge in [-0.3, -0.25) is 5.32 Å². The molecule has 3 heteroatoms. The summed E-state index contributed by atoms with van der Waals surface area (Å²) in [6.07, 6.45) is 0. The van der Waals surface area contributed by atoms with E-state index < -0.39 is 0 Å². The summed E-state index contributed by atoms with van der Waals surface area (Å²) in [4.78, 5) is 0. The number of nitriles is 1. The maximum Gasteiger partial charge on any atom is 0.130 e. The van der Waals surface area contributed by atoms with Crippen molar-refractivity contribution in [3.8, 4) is 11.8 Å². The standard InChI is InChI=1S/C17H26N2O/c1-12(2)19-14(10-18)11-20-16-9-13(3)7-8-15(16)17(4,5)6/h7-9,12,14,19H,11H2,1-6H3. The van der Waals surface area contributed by atoms with Crippen molar-refractivity contribution >= 4 is 0 Å². The predicted octanol–water partition coefficient (Wildman–Crippen LogP) is 3.56. The summed E-state index contributed by atoms with van der Waals surface area (Å²) < 4.78 is 5.91. The Morgan fingerprint density at radius 1 is 1.30 bits per heavy atom. The van der Waals surface area contributed by atoms with Crippen LogP contribution in [0, 0.1) is 18.3 Å². The molecule has 0 spiro atoms. The second kappa shape index (κ2) is 6.76. The van der Waals surface area contributed by atoms with Gasteiger partial charge in [-0.15, -0.1) is 0 Å². The van der Waals surface area contributed by atoms with E-state index in [0.717, 1.165) is 5.75 Å². The van der Waals surface area contributed by atoms with Crippen molar-refractivity contribution in [1.82, 2.24) is 5.32 Å². The van der Waals surface area contributed by atoms with E-state index in [0.29, 0.717) is 6.61 Å². The van der Waals surface area contributed by atoms with Crippen LogP contribution in [0.3, 0.4) is 0 Å². The lowest BCUT2D eigenvalue weighted by molar-refractivity contribution is 0.276. The Hall–Kier alpha value is -1.53. The summed E-state index contributed by atoms with van der Waals surface area (Å²) >= 11 is 0. The summed E-state index contributed by atoms with van der Waals surface area (Å²) in [7, 11) is 0. The summed E-state index contributed by atoms with van der Waals surface area (Å²) in [5.41, 5.74) is 2.36. The minimum absolute atomic E-state index is 0.0245. The summed E-state index contributed by atoms with van der Waals surface area (Å²) in [5, 5.41) is 12.3. The van der Waals surface area contributed by atoms with E-state index in [9.17, 15) is 0 Å². The largest absolute Gasteiger partial charge is 0.491 e. The molecule has 0 aliphatic rings. The Kier molecular flexibility index (Phi) is 5.59. The van der Waals surface area contributed by atoms with Gasteiger partial charge in [0.25, 0.3) is 0 Å². The van der Waals surface area contributed by atoms with Crippen molar-refractivity contribution in [2.75, 3.05) is 6.61 Å². The van der Waals surface area contributed by atoms with Crippen molar-refractivity contribution in [2.24, 2.45) is 0 Å². The van der Waals surface area contributed by atoms with Crippen LogP contribution in [0.5, 0.6) is 5.75 Å². The molecule has 1 atom stereocenters. The maximum atomic E-state index is 9.14. The number of hydrogen-bond acceptors (Lipinski definition) is 3. The van der Waals surface area contributed by atoms with Crippen LogP contribution in [0.15, 0.2) is 18.2 Å². The van der Waals surface area contributed by atoms with Gasteiger partial charge in [0.1, 0.15) is 18.4 Å². The molecule has 1 rings (SSSR count). The van der Waals surface area contributed by atoms with Crippen molar-refractivity contribution < 1.29 is 4.74 Å². The molecule has 3 nitrogen and oxygen atoms in total. The van der Waals surface area contributed by atoms with Crippen LogP contribution in [0.25, 0.3) is 0 Å². The smallest absolute Gasteiger partial charge is 0.130 e. The first-order chi connectivity index (χ1) is 9.24. The van der Waals surface area contributed by atoms with E-state index in [1.165, 1.54) is 11.1 Å². The number of nitrogens with one attached hydrogen (secondary N) is 1. The number of hydrogen-bond donors (Lipinski definition) is 1. The SMILES string of the molecule is Cc1ccc(C(C)(C)C)c(OCC(C#N)NC(C)C)c1. The van der Waals surface area contributed by atoms with Crippen LogP contribution in [0.2, 0.25) is 0 Å². The molecule has 1 N–H and O–H groups in total.